The van der Waals surface area contributed by atoms with Crippen molar-refractivity contribution in [2.45, 2.75) is 33.6 Å². The second-order valence-electron chi connectivity index (χ2n) is 4.07. The molecule has 0 bridgehead atoms. The third-order valence-electron chi connectivity index (χ3n) is 2.36. The van der Waals surface area contributed by atoms with Crippen molar-refractivity contribution in [1.82, 2.24) is 5.32 Å². The molecule has 0 spiro atoms. The molecule has 0 saturated carbocycles. The van der Waals surface area contributed by atoms with E-state index in [4.69, 9.17) is 12.2 Å². The van der Waals surface area contributed by atoms with E-state index in [-0.39, 0.29) is 5.91 Å². The Hall–Kier alpha value is -1.42. The topological polar surface area (TPSA) is 41.1 Å². The van der Waals surface area contributed by atoms with Crippen LogP contribution in [0.5, 0.6) is 0 Å². The highest BCUT2D eigenvalue weighted by Gasteiger charge is 2.04. The Morgan fingerprint density at radius 2 is 2.06 bits per heavy atom. The molecule has 0 aliphatic carbocycles. The fraction of sp³-hybridized carbons (Fsp3) is 0.385. The monoisotopic (exact) mass is 250 g/mol. The number of benzene rings is 1. The summed E-state index contributed by atoms with van der Waals surface area (Å²) in [5, 5.41) is 6.04. The number of aryl methyl sites for hydroxylation is 2. The molecule has 1 amide bonds. The van der Waals surface area contributed by atoms with Gasteiger partial charge in [-0.2, -0.15) is 0 Å². The van der Waals surface area contributed by atoms with E-state index >= 15 is 0 Å². The SMILES string of the molecule is CCCC(=O)NC(=S)Nc1ccc(C)cc1C. The van der Waals surface area contributed by atoms with Crippen molar-refractivity contribution in [2.24, 2.45) is 0 Å². The van der Waals surface area contributed by atoms with Gasteiger partial charge in [-0.25, -0.2) is 0 Å². The minimum absolute atomic E-state index is 0.0465. The lowest BCUT2D eigenvalue weighted by molar-refractivity contribution is -0.119. The number of anilines is 1. The molecule has 17 heavy (non-hydrogen) atoms. The molecule has 1 aromatic rings. The molecule has 92 valence electrons. The summed E-state index contributed by atoms with van der Waals surface area (Å²) in [5.41, 5.74) is 3.24. The summed E-state index contributed by atoms with van der Waals surface area (Å²) >= 11 is 5.08. The molecule has 1 rings (SSSR count). The van der Waals surface area contributed by atoms with Crippen LogP contribution in [0.2, 0.25) is 0 Å². The molecule has 2 N–H and O–H groups in total. The normalized spacial score (nSPS) is 9.82. The van der Waals surface area contributed by atoms with Gasteiger partial charge in [0.05, 0.1) is 0 Å². The minimum Gasteiger partial charge on any atom is -0.332 e. The number of amides is 1. The highest BCUT2D eigenvalue weighted by Crippen LogP contribution is 2.15. The number of carbonyl (C=O) groups is 1. The Labute approximate surface area is 108 Å². The third-order valence-corrected chi connectivity index (χ3v) is 2.56. The van der Waals surface area contributed by atoms with Gasteiger partial charge in [0.25, 0.3) is 0 Å². The molecule has 0 saturated heterocycles. The van der Waals surface area contributed by atoms with Gasteiger partial charge < -0.3 is 10.6 Å². The van der Waals surface area contributed by atoms with Gasteiger partial charge in [-0.1, -0.05) is 24.6 Å². The van der Waals surface area contributed by atoms with Gasteiger partial charge in [0, 0.05) is 12.1 Å². The molecule has 3 nitrogen and oxygen atoms in total. The molecule has 0 heterocycles. The minimum atomic E-state index is -0.0465. The fourth-order valence-electron chi connectivity index (χ4n) is 1.52. The van der Waals surface area contributed by atoms with Crippen molar-refractivity contribution < 1.29 is 4.79 Å². The smallest absolute Gasteiger partial charge is 0.226 e. The predicted octanol–water partition coefficient (Wildman–Crippen LogP) is 2.92. The predicted molar refractivity (Wildman–Crippen MR) is 75.2 cm³/mol. The Morgan fingerprint density at radius 1 is 1.35 bits per heavy atom. The molecule has 0 unspecified atom stereocenters. The van der Waals surface area contributed by atoms with Crippen LogP contribution in [-0.2, 0) is 4.79 Å². The second-order valence-corrected chi connectivity index (χ2v) is 4.48. The van der Waals surface area contributed by atoms with Crippen LogP contribution in [0.3, 0.4) is 0 Å². The number of carbonyl (C=O) groups excluding carboxylic acids is 1. The Balaban J connectivity index is 2.59. The van der Waals surface area contributed by atoms with Crippen molar-refractivity contribution in [3.63, 3.8) is 0 Å². The lowest BCUT2D eigenvalue weighted by Gasteiger charge is -2.11. The second kappa shape index (κ2) is 6.35. The maximum Gasteiger partial charge on any atom is 0.226 e. The van der Waals surface area contributed by atoms with Crippen LogP contribution >= 0.6 is 12.2 Å². The average Bonchev–Trinajstić information content (AvgIpc) is 2.22. The zero-order valence-corrected chi connectivity index (χ0v) is 11.3. The van der Waals surface area contributed by atoms with Gasteiger partial charge in [0.2, 0.25) is 5.91 Å². The summed E-state index contributed by atoms with van der Waals surface area (Å²) < 4.78 is 0. The summed E-state index contributed by atoms with van der Waals surface area (Å²) in [6, 6.07) is 6.04. The van der Waals surface area contributed by atoms with Gasteiger partial charge >= 0.3 is 0 Å². The van der Waals surface area contributed by atoms with Crippen molar-refractivity contribution in [1.29, 1.82) is 0 Å². The first kappa shape index (κ1) is 13.6. The van der Waals surface area contributed by atoms with Crippen LogP contribution in [0.4, 0.5) is 5.69 Å². The van der Waals surface area contributed by atoms with E-state index in [1.54, 1.807) is 0 Å². The summed E-state index contributed by atoms with van der Waals surface area (Å²) in [4.78, 5) is 11.3. The first-order valence-electron chi connectivity index (χ1n) is 5.71. The molecule has 0 atom stereocenters. The third kappa shape index (κ3) is 4.53. The number of thiocarbonyl (C=S) groups is 1. The van der Waals surface area contributed by atoms with Gasteiger partial charge in [0.1, 0.15) is 0 Å². The van der Waals surface area contributed by atoms with Crippen LogP contribution in [-0.4, -0.2) is 11.0 Å². The molecule has 0 radical (unpaired) electrons. The fourth-order valence-corrected chi connectivity index (χ4v) is 1.75. The van der Waals surface area contributed by atoms with Crippen LogP contribution in [0, 0.1) is 13.8 Å². The first-order valence-corrected chi connectivity index (χ1v) is 6.12. The van der Waals surface area contributed by atoms with Crippen molar-refractivity contribution in [3.8, 4) is 0 Å². The van der Waals surface area contributed by atoms with E-state index in [0.717, 1.165) is 17.7 Å². The van der Waals surface area contributed by atoms with E-state index in [1.807, 2.05) is 32.9 Å². The van der Waals surface area contributed by atoms with Crippen LogP contribution in [0.25, 0.3) is 0 Å². The molecular weight excluding hydrogens is 232 g/mol. The lowest BCUT2D eigenvalue weighted by atomic mass is 10.1. The molecule has 4 heteroatoms. The van der Waals surface area contributed by atoms with Gasteiger partial charge in [0.15, 0.2) is 5.11 Å². The number of nitrogens with one attached hydrogen (secondary N) is 2. The maximum absolute atomic E-state index is 11.3. The highest BCUT2D eigenvalue weighted by molar-refractivity contribution is 7.80. The van der Waals surface area contributed by atoms with Gasteiger partial charge in [-0.3, -0.25) is 4.79 Å². The maximum atomic E-state index is 11.3. The van der Waals surface area contributed by atoms with Gasteiger partial charge in [-0.15, -0.1) is 0 Å². The number of rotatable bonds is 3. The molecule has 1 aromatic carbocycles. The zero-order chi connectivity index (χ0) is 12.8. The van der Waals surface area contributed by atoms with Crippen molar-refractivity contribution in [3.05, 3.63) is 29.3 Å². The highest BCUT2D eigenvalue weighted by atomic mass is 32.1. The molecule has 0 aromatic heterocycles. The largest absolute Gasteiger partial charge is 0.332 e. The summed E-state index contributed by atoms with van der Waals surface area (Å²) in [5.74, 6) is -0.0465. The number of hydrogen-bond acceptors (Lipinski definition) is 2. The van der Waals surface area contributed by atoms with Crippen LogP contribution in [0.1, 0.15) is 30.9 Å². The summed E-state index contributed by atoms with van der Waals surface area (Å²) in [7, 11) is 0. The summed E-state index contributed by atoms with van der Waals surface area (Å²) in [6.07, 6.45) is 1.31. The van der Waals surface area contributed by atoms with E-state index in [9.17, 15) is 4.79 Å². The summed E-state index contributed by atoms with van der Waals surface area (Å²) in [6.45, 7) is 6.00. The van der Waals surface area contributed by atoms with E-state index in [2.05, 4.69) is 16.7 Å². The van der Waals surface area contributed by atoms with Crippen LogP contribution < -0.4 is 10.6 Å². The standard InChI is InChI=1S/C13H18N2OS/c1-4-5-12(16)15-13(17)14-11-7-6-9(2)8-10(11)3/h6-8H,4-5H2,1-3H3,(H2,14,15,16,17). The number of hydrogen-bond donors (Lipinski definition) is 2. The Kier molecular flexibility index (Phi) is 5.10. The molecule has 0 fully saturated rings. The Bertz CT molecular complexity index is 429. The average molecular weight is 250 g/mol. The van der Waals surface area contributed by atoms with E-state index in [0.29, 0.717) is 11.5 Å². The van der Waals surface area contributed by atoms with Crippen molar-refractivity contribution in [2.75, 3.05) is 5.32 Å². The first-order chi connectivity index (χ1) is 8.02. The van der Waals surface area contributed by atoms with Gasteiger partial charge in [-0.05, 0) is 44.1 Å². The molecule has 0 aliphatic rings. The molecule has 0 aliphatic heterocycles. The molecular formula is C13H18N2OS. The lowest BCUT2D eigenvalue weighted by Crippen LogP contribution is -2.34. The zero-order valence-electron chi connectivity index (χ0n) is 10.5. The Morgan fingerprint density at radius 3 is 2.65 bits per heavy atom. The van der Waals surface area contributed by atoms with Crippen molar-refractivity contribution >= 4 is 28.9 Å². The van der Waals surface area contributed by atoms with E-state index < -0.39 is 0 Å². The van der Waals surface area contributed by atoms with E-state index in [1.165, 1.54) is 5.56 Å². The van der Waals surface area contributed by atoms with Crippen LogP contribution in [0.15, 0.2) is 18.2 Å². The quantitative estimate of drug-likeness (QED) is 0.810.